The fraction of sp³-hybridized carbons (Fsp3) is 0.375. The van der Waals surface area contributed by atoms with E-state index in [9.17, 15) is 4.39 Å². The lowest BCUT2D eigenvalue weighted by molar-refractivity contribution is 0.472. The molecule has 0 aliphatic heterocycles. The van der Waals surface area contributed by atoms with Gasteiger partial charge in [0.2, 0.25) is 0 Å². The number of nitrogens with one attached hydrogen (secondary N) is 2. The van der Waals surface area contributed by atoms with Crippen LogP contribution in [0.5, 0.6) is 0 Å². The van der Waals surface area contributed by atoms with Crippen LogP contribution in [0.15, 0.2) is 55.0 Å². The van der Waals surface area contributed by atoms with Gasteiger partial charge in [0.25, 0.3) is 0 Å². The number of H-pyrrole nitrogens is 1. The first-order valence-electron chi connectivity index (χ1n) is 10.0. The molecule has 0 saturated heterocycles. The SMILES string of the molecule is C=C(CC(C)c1c[nH]c2cccc(C)c12)NC(C)c1ccc(CCCF)cn1. The second-order valence-electron chi connectivity index (χ2n) is 7.70. The van der Waals surface area contributed by atoms with Crippen molar-refractivity contribution in [1.29, 1.82) is 0 Å². The number of aromatic nitrogens is 2. The number of alkyl halides is 1. The summed E-state index contributed by atoms with van der Waals surface area (Å²) < 4.78 is 12.3. The van der Waals surface area contributed by atoms with Crippen LogP contribution in [-0.4, -0.2) is 16.6 Å². The number of aromatic amines is 1. The molecule has 4 heteroatoms. The number of aryl methyl sites for hydroxylation is 2. The highest BCUT2D eigenvalue weighted by molar-refractivity contribution is 5.86. The van der Waals surface area contributed by atoms with Crippen molar-refractivity contribution >= 4 is 10.9 Å². The third-order valence-corrected chi connectivity index (χ3v) is 5.34. The molecule has 2 atom stereocenters. The Hall–Kier alpha value is -2.62. The fourth-order valence-corrected chi connectivity index (χ4v) is 3.82. The quantitative estimate of drug-likeness (QED) is 0.469. The maximum absolute atomic E-state index is 12.3. The molecule has 1 aromatic carbocycles. The number of halogens is 1. The zero-order valence-corrected chi connectivity index (χ0v) is 17.1. The molecule has 3 rings (SSSR count). The monoisotopic (exact) mass is 379 g/mol. The molecule has 28 heavy (non-hydrogen) atoms. The highest BCUT2D eigenvalue weighted by atomic mass is 19.1. The van der Waals surface area contributed by atoms with Crippen LogP contribution < -0.4 is 5.32 Å². The Morgan fingerprint density at radius 3 is 2.79 bits per heavy atom. The highest BCUT2D eigenvalue weighted by Gasteiger charge is 2.15. The van der Waals surface area contributed by atoms with Crippen LogP contribution in [0.25, 0.3) is 10.9 Å². The molecule has 0 amide bonds. The van der Waals surface area contributed by atoms with E-state index in [0.717, 1.165) is 29.8 Å². The van der Waals surface area contributed by atoms with Crippen LogP contribution in [0.3, 0.4) is 0 Å². The van der Waals surface area contributed by atoms with E-state index in [-0.39, 0.29) is 12.7 Å². The number of rotatable bonds is 9. The molecular weight excluding hydrogens is 349 g/mol. The van der Waals surface area contributed by atoms with E-state index in [1.807, 2.05) is 18.3 Å². The summed E-state index contributed by atoms with van der Waals surface area (Å²) in [6.45, 7) is 10.4. The van der Waals surface area contributed by atoms with E-state index in [4.69, 9.17) is 0 Å². The largest absolute Gasteiger partial charge is 0.381 e. The number of allylic oxidation sites excluding steroid dienone is 1. The molecule has 0 saturated carbocycles. The maximum atomic E-state index is 12.3. The summed E-state index contributed by atoms with van der Waals surface area (Å²) in [5, 5.41) is 4.81. The van der Waals surface area contributed by atoms with Crippen LogP contribution in [0.1, 0.15) is 61.0 Å². The van der Waals surface area contributed by atoms with Crippen molar-refractivity contribution in [2.45, 2.75) is 52.0 Å². The van der Waals surface area contributed by atoms with E-state index in [0.29, 0.717) is 12.3 Å². The molecule has 0 spiro atoms. The first-order chi connectivity index (χ1) is 13.5. The van der Waals surface area contributed by atoms with Gasteiger partial charge < -0.3 is 10.3 Å². The highest BCUT2D eigenvalue weighted by Crippen LogP contribution is 2.31. The van der Waals surface area contributed by atoms with Crippen LogP contribution in [-0.2, 0) is 6.42 Å². The molecule has 2 unspecified atom stereocenters. The third-order valence-electron chi connectivity index (χ3n) is 5.34. The summed E-state index contributed by atoms with van der Waals surface area (Å²) in [7, 11) is 0. The Morgan fingerprint density at radius 2 is 2.07 bits per heavy atom. The second kappa shape index (κ2) is 9.05. The van der Waals surface area contributed by atoms with Crippen LogP contribution in [0, 0.1) is 6.92 Å². The van der Waals surface area contributed by atoms with E-state index < -0.39 is 0 Å². The van der Waals surface area contributed by atoms with Crippen LogP contribution in [0.2, 0.25) is 0 Å². The van der Waals surface area contributed by atoms with Gasteiger partial charge in [-0.2, -0.15) is 0 Å². The fourth-order valence-electron chi connectivity index (χ4n) is 3.82. The lowest BCUT2D eigenvalue weighted by Crippen LogP contribution is -2.19. The molecule has 0 fully saturated rings. The maximum Gasteiger partial charge on any atom is 0.0897 e. The Bertz CT molecular complexity index is 927. The van der Waals surface area contributed by atoms with Gasteiger partial charge in [-0.3, -0.25) is 9.37 Å². The Kier molecular flexibility index (Phi) is 6.50. The van der Waals surface area contributed by atoms with E-state index in [1.54, 1.807) is 0 Å². The molecule has 2 heterocycles. The van der Waals surface area contributed by atoms with E-state index in [2.05, 4.69) is 67.0 Å². The van der Waals surface area contributed by atoms with Crippen LogP contribution in [0.4, 0.5) is 4.39 Å². The molecule has 0 bridgehead atoms. The van der Waals surface area contributed by atoms with Crippen molar-refractivity contribution in [3.05, 3.63) is 77.4 Å². The van der Waals surface area contributed by atoms with Gasteiger partial charge in [-0.25, -0.2) is 0 Å². The van der Waals surface area contributed by atoms with E-state index >= 15 is 0 Å². The Labute approximate surface area is 167 Å². The number of benzene rings is 1. The summed E-state index contributed by atoms with van der Waals surface area (Å²) in [4.78, 5) is 7.92. The zero-order chi connectivity index (χ0) is 20.1. The average Bonchev–Trinajstić information content (AvgIpc) is 3.12. The minimum absolute atomic E-state index is 0.0830. The summed E-state index contributed by atoms with van der Waals surface area (Å²) in [6, 6.07) is 10.5. The van der Waals surface area contributed by atoms with Crippen molar-refractivity contribution < 1.29 is 4.39 Å². The predicted molar refractivity (Wildman–Crippen MR) is 115 cm³/mol. The summed E-state index contributed by atoms with van der Waals surface area (Å²) in [5.74, 6) is 0.359. The first kappa shape index (κ1) is 20.1. The number of hydrogen-bond donors (Lipinski definition) is 2. The number of fused-ring (bicyclic) bond motifs is 1. The Balaban J connectivity index is 1.61. The number of hydrogen-bond acceptors (Lipinski definition) is 2. The summed E-state index contributed by atoms with van der Waals surface area (Å²) >= 11 is 0. The molecule has 2 N–H and O–H groups in total. The molecule has 148 valence electrons. The smallest absolute Gasteiger partial charge is 0.0897 e. The van der Waals surface area contributed by atoms with Gasteiger partial charge in [-0.15, -0.1) is 0 Å². The van der Waals surface area contributed by atoms with Crippen molar-refractivity contribution in [3.8, 4) is 0 Å². The van der Waals surface area contributed by atoms with Gasteiger partial charge in [0, 0.05) is 29.0 Å². The first-order valence-corrected chi connectivity index (χ1v) is 10.0. The third kappa shape index (κ3) is 4.61. The topological polar surface area (TPSA) is 40.7 Å². The summed E-state index contributed by atoms with van der Waals surface area (Å²) in [5.41, 5.74) is 6.87. The average molecular weight is 380 g/mol. The van der Waals surface area contributed by atoms with Gasteiger partial charge in [0.05, 0.1) is 18.4 Å². The molecule has 2 aromatic heterocycles. The van der Waals surface area contributed by atoms with Crippen molar-refractivity contribution in [2.75, 3.05) is 6.67 Å². The van der Waals surface area contributed by atoms with Crippen molar-refractivity contribution in [3.63, 3.8) is 0 Å². The predicted octanol–water partition coefficient (Wildman–Crippen LogP) is 6.13. The van der Waals surface area contributed by atoms with Gasteiger partial charge in [-0.05, 0) is 67.9 Å². The van der Waals surface area contributed by atoms with Crippen LogP contribution >= 0.6 is 0 Å². The van der Waals surface area contributed by atoms with Crippen molar-refractivity contribution in [2.24, 2.45) is 0 Å². The van der Waals surface area contributed by atoms with Gasteiger partial charge in [-0.1, -0.05) is 31.7 Å². The molecular formula is C24H30FN3. The second-order valence-corrected chi connectivity index (χ2v) is 7.70. The zero-order valence-electron chi connectivity index (χ0n) is 17.1. The van der Waals surface area contributed by atoms with Gasteiger partial charge in [0.1, 0.15) is 0 Å². The molecule has 3 nitrogen and oxygen atoms in total. The lowest BCUT2D eigenvalue weighted by atomic mass is 9.94. The number of nitrogens with zero attached hydrogens (tertiary/aromatic N) is 1. The van der Waals surface area contributed by atoms with E-state index in [1.165, 1.54) is 22.0 Å². The molecule has 3 aromatic rings. The minimum atomic E-state index is -0.284. The standard InChI is InChI=1S/C24H30FN3/c1-16-7-5-9-23-24(16)21(15-27-23)17(2)13-18(3)28-19(4)22-11-10-20(14-26-22)8-6-12-25/h5,7,9-11,14-15,17,19,27-28H,3,6,8,12-13H2,1-2,4H3. The molecule has 0 radical (unpaired) electrons. The molecule has 0 aliphatic rings. The lowest BCUT2D eigenvalue weighted by Gasteiger charge is -2.20. The number of pyridine rings is 1. The Morgan fingerprint density at radius 1 is 1.25 bits per heavy atom. The normalized spacial score (nSPS) is 13.4. The van der Waals surface area contributed by atoms with Gasteiger partial charge in [0.15, 0.2) is 0 Å². The van der Waals surface area contributed by atoms with Gasteiger partial charge >= 0.3 is 0 Å². The molecule has 0 aliphatic carbocycles. The minimum Gasteiger partial charge on any atom is -0.381 e. The van der Waals surface area contributed by atoms with Crippen molar-refractivity contribution in [1.82, 2.24) is 15.3 Å². The summed E-state index contributed by atoms with van der Waals surface area (Å²) in [6.07, 6.45) is 6.12.